The zero-order valence-corrected chi connectivity index (χ0v) is 13.3. The summed E-state index contributed by atoms with van der Waals surface area (Å²) >= 11 is 0. The maximum atomic E-state index is 12.5. The van der Waals surface area contributed by atoms with E-state index >= 15 is 0 Å². The first-order valence-corrected chi connectivity index (χ1v) is 7.63. The number of hydrogen-bond donors (Lipinski definition) is 0. The smallest absolute Gasteiger partial charge is 0.169 e. The van der Waals surface area contributed by atoms with Crippen LogP contribution in [-0.4, -0.2) is 46.6 Å². The van der Waals surface area contributed by atoms with Gasteiger partial charge in [0.2, 0.25) is 0 Å². The second kappa shape index (κ2) is 7.00. The van der Waals surface area contributed by atoms with Crippen LogP contribution < -0.4 is 0 Å². The van der Waals surface area contributed by atoms with Crippen LogP contribution in [0.5, 0.6) is 0 Å². The molecule has 0 radical (unpaired) electrons. The van der Waals surface area contributed by atoms with Crippen LogP contribution in [0.15, 0.2) is 0 Å². The molecule has 0 bridgehead atoms. The molecule has 0 aliphatic carbocycles. The van der Waals surface area contributed by atoms with Gasteiger partial charge >= 0.3 is 46.6 Å². The molecule has 0 rings (SSSR count). The third kappa shape index (κ3) is 4.16. The lowest BCUT2D eigenvalue weighted by molar-refractivity contribution is -0.348. The maximum absolute atomic E-state index is 12.5. The Balaban J connectivity index is 6.89. The molecule has 0 amide bonds. The van der Waals surface area contributed by atoms with Gasteiger partial charge < -0.3 is 0 Å². The molecule has 0 atom stereocenters. The van der Waals surface area contributed by atoms with E-state index in [0.717, 1.165) is 0 Å². The number of rotatable bonds is 3. The van der Waals surface area contributed by atoms with Crippen molar-refractivity contribution in [3.63, 3.8) is 0 Å². The van der Waals surface area contributed by atoms with E-state index in [1.165, 1.54) is 0 Å². The minimum atomic E-state index is -7.68. The Kier molecular flexibility index (Phi) is 6.86. The molecule has 170 valence electrons. The Morgan fingerprint density at radius 3 is 0.429 bits per heavy atom. The van der Waals surface area contributed by atoms with Crippen molar-refractivity contribution in [3.8, 4) is 0 Å². The Hall–Kier alpha value is -0.560. The van der Waals surface area contributed by atoms with Crippen molar-refractivity contribution in [1.29, 1.82) is 0 Å². The fourth-order valence-corrected chi connectivity index (χ4v) is 4.64. The average Bonchev–Trinajstić information content (AvgIpc) is 2.23. The molecule has 0 aromatic carbocycles. The summed E-state index contributed by atoms with van der Waals surface area (Å²) in [6.07, 6.45) is -46.1. The van der Waals surface area contributed by atoms with Crippen LogP contribution >= 0.6 is 21.6 Å². The number of hydrogen-bond acceptors (Lipinski definition) is 2. The molecule has 0 unspecified atom stereocenters. The lowest BCUT2D eigenvalue weighted by Gasteiger charge is -2.42. The van der Waals surface area contributed by atoms with E-state index in [2.05, 4.69) is 0 Å². The van der Waals surface area contributed by atoms with Crippen molar-refractivity contribution >= 4 is 21.6 Å². The minimum absolute atomic E-state index is 3.34. The molecule has 28 heavy (non-hydrogen) atoms. The maximum Gasteiger partial charge on any atom is 0.422 e. The summed E-state index contributed by atoms with van der Waals surface area (Å²) in [6.45, 7) is 0. The standard InChI is InChI=1S/C8F18S2/c9-3(10,11)1(4(12,13)14,5(15,16)17)27-28-2(6(18,19)20,7(21,22)23)8(24,25)26. The normalized spacial score (nSPS) is 16.5. The predicted molar refractivity (Wildman–Crippen MR) is 57.0 cm³/mol. The molecular formula is C8F18S2. The summed E-state index contributed by atoms with van der Waals surface area (Å²) in [4.78, 5) is 0. The zero-order chi connectivity index (χ0) is 23.4. The number of alkyl halides is 18. The molecule has 0 spiro atoms. The van der Waals surface area contributed by atoms with Gasteiger partial charge in [-0.25, -0.2) is 0 Å². The molecule has 0 aliphatic heterocycles. The van der Waals surface area contributed by atoms with Gasteiger partial charge in [0.1, 0.15) is 0 Å². The van der Waals surface area contributed by atoms with E-state index in [0.29, 0.717) is 0 Å². The van der Waals surface area contributed by atoms with Crippen LogP contribution in [0.25, 0.3) is 0 Å². The minimum Gasteiger partial charge on any atom is -0.169 e. The van der Waals surface area contributed by atoms with Gasteiger partial charge in [0.15, 0.2) is 0 Å². The van der Waals surface area contributed by atoms with Gasteiger partial charge in [0.25, 0.3) is 0 Å². The van der Waals surface area contributed by atoms with Gasteiger partial charge in [-0.2, -0.15) is 79.0 Å². The first-order chi connectivity index (χ1) is 11.7. The Bertz CT molecular complexity index is 415. The van der Waals surface area contributed by atoms with Gasteiger partial charge in [-0.05, 0) is 0 Å². The highest BCUT2D eigenvalue weighted by Gasteiger charge is 2.89. The second-order valence-corrected chi connectivity index (χ2v) is 7.07. The van der Waals surface area contributed by atoms with Gasteiger partial charge in [-0.15, -0.1) is 0 Å². The SMILES string of the molecule is FC(F)(F)C(SSC(C(F)(F)F)(C(F)(F)F)C(F)(F)F)(C(F)(F)F)C(F)(F)F. The average molecular weight is 502 g/mol. The van der Waals surface area contributed by atoms with Crippen LogP contribution in [0.2, 0.25) is 0 Å². The first-order valence-electron chi connectivity index (χ1n) is 5.48. The summed E-state index contributed by atoms with van der Waals surface area (Å²) in [7, 11) is -6.68. The van der Waals surface area contributed by atoms with E-state index in [1.54, 1.807) is 0 Å². The van der Waals surface area contributed by atoms with E-state index in [1.807, 2.05) is 0 Å². The van der Waals surface area contributed by atoms with Crippen molar-refractivity contribution in [1.82, 2.24) is 0 Å². The third-order valence-electron chi connectivity index (χ3n) is 2.69. The molecule has 0 aromatic rings. The topological polar surface area (TPSA) is 0 Å². The fourth-order valence-electron chi connectivity index (χ4n) is 1.37. The first kappa shape index (κ1) is 27.4. The van der Waals surface area contributed by atoms with E-state index in [-0.39, 0.29) is 0 Å². The molecule has 0 N–H and O–H groups in total. The quantitative estimate of drug-likeness (QED) is 0.295. The molecule has 0 aromatic heterocycles. The molecule has 0 heterocycles. The van der Waals surface area contributed by atoms with Gasteiger partial charge in [0.05, 0.1) is 0 Å². The largest absolute Gasteiger partial charge is 0.422 e. The molecule has 0 aliphatic rings. The highest BCUT2D eigenvalue weighted by Crippen LogP contribution is 2.70. The highest BCUT2D eigenvalue weighted by atomic mass is 33.1. The van der Waals surface area contributed by atoms with E-state index in [9.17, 15) is 79.0 Å². The lowest BCUT2D eigenvalue weighted by Crippen LogP contribution is -2.66. The molecular weight excluding hydrogens is 502 g/mol. The van der Waals surface area contributed by atoms with E-state index in [4.69, 9.17) is 0 Å². The van der Waals surface area contributed by atoms with Crippen LogP contribution in [0.1, 0.15) is 0 Å². The van der Waals surface area contributed by atoms with Gasteiger partial charge in [-0.1, -0.05) is 21.6 Å². The van der Waals surface area contributed by atoms with Crippen molar-refractivity contribution in [3.05, 3.63) is 0 Å². The lowest BCUT2D eigenvalue weighted by atomic mass is 10.1. The second-order valence-electron chi connectivity index (χ2n) is 4.52. The van der Waals surface area contributed by atoms with Gasteiger partial charge in [-0.3, -0.25) is 0 Å². The van der Waals surface area contributed by atoms with Crippen LogP contribution in [0.3, 0.4) is 0 Å². The fraction of sp³-hybridized carbons (Fsp3) is 1.00. The highest BCUT2D eigenvalue weighted by molar-refractivity contribution is 8.77. The summed E-state index contributed by atoms with van der Waals surface area (Å²) in [5.41, 5.74) is 0. The monoisotopic (exact) mass is 502 g/mol. The van der Waals surface area contributed by atoms with Crippen molar-refractivity contribution < 1.29 is 79.0 Å². The summed E-state index contributed by atoms with van der Waals surface area (Å²) < 4.78 is 210. The van der Waals surface area contributed by atoms with E-state index < -0.39 is 68.1 Å². The van der Waals surface area contributed by atoms with Crippen molar-refractivity contribution in [2.45, 2.75) is 46.6 Å². The predicted octanol–water partition coefficient (Wildman–Crippen LogP) is 7.22. The summed E-state index contributed by atoms with van der Waals surface area (Å²) in [5, 5.41) is 0. The van der Waals surface area contributed by atoms with Crippen LogP contribution in [0.4, 0.5) is 79.0 Å². The summed E-state index contributed by atoms with van der Waals surface area (Å²) in [6, 6.07) is 0. The van der Waals surface area contributed by atoms with Crippen LogP contribution in [-0.2, 0) is 0 Å². The van der Waals surface area contributed by atoms with Crippen molar-refractivity contribution in [2.24, 2.45) is 0 Å². The molecule has 0 nitrogen and oxygen atoms in total. The van der Waals surface area contributed by atoms with Crippen molar-refractivity contribution in [2.75, 3.05) is 0 Å². The zero-order valence-electron chi connectivity index (χ0n) is 11.6. The Morgan fingerprint density at radius 1 is 0.250 bits per heavy atom. The van der Waals surface area contributed by atoms with Crippen LogP contribution in [0, 0.1) is 0 Å². The molecule has 0 fully saturated rings. The third-order valence-corrected chi connectivity index (χ3v) is 6.41. The molecule has 20 heteroatoms. The molecule has 0 saturated carbocycles. The Morgan fingerprint density at radius 2 is 0.357 bits per heavy atom. The van der Waals surface area contributed by atoms with Gasteiger partial charge in [0, 0.05) is 0 Å². The molecule has 0 saturated heterocycles. The summed E-state index contributed by atoms with van der Waals surface area (Å²) in [5.74, 6) is 0. The number of halogens is 18. The Labute approximate surface area is 148 Å².